The second kappa shape index (κ2) is 4.39. The van der Waals surface area contributed by atoms with E-state index in [1.165, 1.54) is 0 Å². The fraction of sp³-hybridized carbons (Fsp3) is 0.778. The van der Waals surface area contributed by atoms with Gasteiger partial charge >= 0.3 is 0 Å². The zero-order chi connectivity index (χ0) is 9.83. The predicted molar refractivity (Wildman–Crippen MR) is 61.6 cm³/mol. The molecule has 0 spiro atoms. The summed E-state index contributed by atoms with van der Waals surface area (Å²) in [5.74, 6) is 0. The largest absolute Gasteiger partial charge is 0.414 e. The van der Waals surface area contributed by atoms with Crippen LogP contribution in [0.5, 0.6) is 0 Å². The normalized spacial score (nSPS) is 14.2. The van der Waals surface area contributed by atoms with Crippen LogP contribution in [0.25, 0.3) is 0 Å². The van der Waals surface area contributed by atoms with Gasteiger partial charge in [0.2, 0.25) is 8.32 Å². The van der Waals surface area contributed by atoms with Crippen LogP contribution in [0.3, 0.4) is 0 Å². The van der Waals surface area contributed by atoms with Gasteiger partial charge in [0.25, 0.3) is 0 Å². The molecule has 0 bridgehead atoms. The van der Waals surface area contributed by atoms with Crippen LogP contribution in [0.15, 0.2) is 11.4 Å². The van der Waals surface area contributed by atoms with E-state index in [1.807, 2.05) is 0 Å². The van der Waals surface area contributed by atoms with Crippen molar-refractivity contribution < 1.29 is 4.43 Å². The third-order valence-corrected chi connectivity index (χ3v) is 5.00. The molecule has 0 aliphatic rings. The molecule has 0 aromatic heterocycles. The maximum Gasteiger partial charge on any atom is 0.210 e. The van der Waals surface area contributed by atoms with Crippen LogP contribution in [0, 0.1) is 0 Å². The first-order chi connectivity index (χ1) is 5.27. The molecular weight excluding hydrogens is 180 g/mol. The van der Waals surface area contributed by atoms with E-state index in [2.05, 4.69) is 51.1 Å². The van der Waals surface area contributed by atoms with Gasteiger partial charge in [-0.3, -0.25) is 0 Å². The van der Waals surface area contributed by atoms with Crippen molar-refractivity contribution in [3.8, 4) is 0 Å². The Kier molecular flexibility index (Phi) is 4.44. The number of rotatable bonds is 4. The summed E-state index contributed by atoms with van der Waals surface area (Å²) in [6.07, 6.45) is 0. The van der Waals surface area contributed by atoms with E-state index in [4.69, 9.17) is 4.43 Å². The minimum Gasteiger partial charge on any atom is -0.414 e. The molecule has 0 fully saturated rings. The van der Waals surface area contributed by atoms with Crippen LogP contribution in [0.1, 0.15) is 6.92 Å². The van der Waals surface area contributed by atoms with Crippen LogP contribution in [-0.2, 0) is 4.43 Å². The molecule has 0 saturated carbocycles. The Morgan fingerprint density at radius 2 is 1.50 bits per heavy atom. The fourth-order valence-corrected chi connectivity index (χ4v) is 5.32. The Labute approximate surface area is 79.0 Å². The van der Waals surface area contributed by atoms with Crippen molar-refractivity contribution in [1.29, 1.82) is 0 Å². The second-order valence-corrected chi connectivity index (χ2v) is 13.6. The lowest BCUT2D eigenvalue weighted by Gasteiger charge is -2.19. The lowest BCUT2D eigenvalue weighted by Crippen LogP contribution is -2.29. The van der Waals surface area contributed by atoms with Gasteiger partial charge < -0.3 is 4.43 Å². The molecule has 0 unspecified atom stereocenters. The van der Waals surface area contributed by atoms with Crippen LogP contribution < -0.4 is 0 Å². The van der Waals surface area contributed by atoms with E-state index in [0.29, 0.717) is 0 Å². The van der Waals surface area contributed by atoms with Gasteiger partial charge in [0, 0.05) is 6.61 Å². The molecule has 0 aromatic carbocycles. The minimum atomic E-state index is -1.46. The summed E-state index contributed by atoms with van der Waals surface area (Å²) in [5, 5.41) is 0. The molecule has 0 heterocycles. The molecule has 0 rings (SSSR count). The van der Waals surface area contributed by atoms with Gasteiger partial charge in [-0.05, 0) is 20.0 Å². The molecule has 0 atom stereocenters. The lowest BCUT2D eigenvalue weighted by molar-refractivity contribution is 0.338. The topological polar surface area (TPSA) is 9.23 Å². The molecule has 0 aliphatic heterocycles. The first kappa shape index (κ1) is 12.1. The van der Waals surface area contributed by atoms with E-state index in [-0.39, 0.29) is 0 Å². The Morgan fingerprint density at radius 1 is 1.00 bits per heavy atom. The molecule has 0 saturated heterocycles. The van der Waals surface area contributed by atoms with Crippen LogP contribution in [-0.4, -0.2) is 23.0 Å². The number of hydrogen-bond donors (Lipinski definition) is 0. The average Bonchev–Trinajstić information content (AvgIpc) is 1.83. The summed E-state index contributed by atoms with van der Waals surface area (Å²) in [4.78, 5) is 0. The Morgan fingerprint density at radius 3 is 1.83 bits per heavy atom. The highest BCUT2D eigenvalue weighted by Gasteiger charge is 2.19. The van der Waals surface area contributed by atoms with E-state index in [0.717, 1.165) is 6.61 Å². The standard InChI is InChI=1S/C9H22OSi2/c1-7-10-12(5,6)9-8-11(2,3)4/h8-9H,7H2,1-6H3. The van der Waals surface area contributed by atoms with Gasteiger partial charge in [-0.25, -0.2) is 0 Å². The van der Waals surface area contributed by atoms with Gasteiger partial charge in [0.1, 0.15) is 0 Å². The van der Waals surface area contributed by atoms with Gasteiger partial charge in [-0.15, -0.1) is 5.70 Å². The molecule has 72 valence electrons. The molecule has 0 N–H and O–H groups in total. The van der Waals surface area contributed by atoms with E-state index < -0.39 is 16.4 Å². The summed E-state index contributed by atoms with van der Waals surface area (Å²) in [7, 11) is -2.48. The Bertz CT molecular complexity index is 156. The molecular formula is C9H22OSi2. The van der Waals surface area contributed by atoms with Crippen molar-refractivity contribution in [3.05, 3.63) is 11.4 Å². The van der Waals surface area contributed by atoms with Crippen LogP contribution in [0.4, 0.5) is 0 Å². The fourth-order valence-electron chi connectivity index (χ4n) is 0.871. The van der Waals surface area contributed by atoms with Crippen molar-refractivity contribution in [2.45, 2.75) is 39.7 Å². The third kappa shape index (κ3) is 6.82. The quantitative estimate of drug-likeness (QED) is 0.636. The number of hydrogen-bond acceptors (Lipinski definition) is 1. The van der Waals surface area contributed by atoms with Crippen molar-refractivity contribution >= 4 is 16.4 Å². The van der Waals surface area contributed by atoms with Crippen LogP contribution in [0.2, 0.25) is 32.7 Å². The first-order valence-corrected chi connectivity index (χ1v) is 11.2. The summed E-state index contributed by atoms with van der Waals surface area (Å²) in [5.41, 5.74) is 4.73. The molecule has 0 aliphatic carbocycles. The molecule has 3 heteroatoms. The highest BCUT2D eigenvalue weighted by Crippen LogP contribution is 2.10. The zero-order valence-electron chi connectivity index (χ0n) is 9.27. The maximum atomic E-state index is 5.70. The lowest BCUT2D eigenvalue weighted by atomic mass is 10.9. The zero-order valence-corrected chi connectivity index (χ0v) is 11.3. The van der Waals surface area contributed by atoms with E-state index >= 15 is 0 Å². The molecule has 1 nitrogen and oxygen atoms in total. The van der Waals surface area contributed by atoms with E-state index in [1.54, 1.807) is 0 Å². The van der Waals surface area contributed by atoms with Gasteiger partial charge in [-0.1, -0.05) is 25.3 Å². The molecule has 12 heavy (non-hydrogen) atoms. The smallest absolute Gasteiger partial charge is 0.210 e. The summed E-state index contributed by atoms with van der Waals surface area (Å²) in [6, 6.07) is 0. The van der Waals surface area contributed by atoms with Crippen molar-refractivity contribution in [2.24, 2.45) is 0 Å². The van der Waals surface area contributed by atoms with Gasteiger partial charge in [0.05, 0.1) is 8.07 Å². The Hall–Kier alpha value is 0.134. The minimum absolute atomic E-state index is 0.843. The van der Waals surface area contributed by atoms with Crippen molar-refractivity contribution in [2.75, 3.05) is 6.61 Å². The SMILES string of the molecule is CCO[Si](C)(C)C=C[Si](C)(C)C. The highest BCUT2D eigenvalue weighted by atomic mass is 28.4. The first-order valence-electron chi connectivity index (χ1n) is 4.61. The summed E-state index contributed by atoms with van der Waals surface area (Å²) >= 11 is 0. The summed E-state index contributed by atoms with van der Waals surface area (Å²) < 4.78 is 5.70. The van der Waals surface area contributed by atoms with Crippen molar-refractivity contribution in [1.82, 2.24) is 0 Å². The third-order valence-electron chi connectivity index (χ3n) is 1.50. The monoisotopic (exact) mass is 202 g/mol. The van der Waals surface area contributed by atoms with Crippen molar-refractivity contribution in [3.63, 3.8) is 0 Å². The molecule has 0 amide bonds. The summed E-state index contributed by atoms with van der Waals surface area (Å²) in [6.45, 7) is 14.4. The van der Waals surface area contributed by atoms with Crippen LogP contribution >= 0.6 is 0 Å². The second-order valence-electron chi connectivity index (χ2n) is 4.74. The maximum absolute atomic E-state index is 5.70. The van der Waals surface area contributed by atoms with Gasteiger partial charge in [-0.2, -0.15) is 0 Å². The predicted octanol–water partition coefficient (Wildman–Crippen LogP) is 3.20. The molecule has 0 aromatic rings. The molecule has 0 radical (unpaired) electrons. The van der Waals surface area contributed by atoms with E-state index in [9.17, 15) is 0 Å². The van der Waals surface area contributed by atoms with Gasteiger partial charge in [0.15, 0.2) is 0 Å². The Balaban J connectivity index is 4.13. The highest BCUT2D eigenvalue weighted by molar-refractivity contribution is 6.84. The average molecular weight is 202 g/mol.